The summed E-state index contributed by atoms with van der Waals surface area (Å²) in [6, 6.07) is 10.6. The summed E-state index contributed by atoms with van der Waals surface area (Å²) in [6.45, 7) is 1.88. The van der Waals surface area contributed by atoms with E-state index in [2.05, 4.69) is 14.7 Å². The highest BCUT2D eigenvalue weighted by Gasteiger charge is 2.20. The Morgan fingerprint density at radius 1 is 1.07 bits per heavy atom. The molecule has 28 heavy (non-hydrogen) atoms. The van der Waals surface area contributed by atoms with Gasteiger partial charge >= 0.3 is 0 Å². The van der Waals surface area contributed by atoms with Crippen molar-refractivity contribution in [1.82, 2.24) is 14.4 Å². The molecular formula is C19H14F2N4O2S. The van der Waals surface area contributed by atoms with Gasteiger partial charge in [-0.25, -0.2) is 27.2 Å². The lowest BCUT2D eigenvalue weighted by atomic mass is 10.1. The SMILES string of the molecule is Cc1c(-c2cccc(NS(=O)(=O)c3ccc(F)cc3F)c2)nc2ncccn12. The van der Waals surface area contributed by atoms with E-state index in [1.165, 1.54) is 6.07 Å². The molecule has 0 saturated carbocycles. The van der Waals surface area contributed by atoms with E-state index >= 15 is 0 Å². The molecule has 0 radical (unpaired) electrons. The maximum atomic E-state index is 13.9. The minimum absolute atomic E-state index is 0.227. The Morgan fingerprint density at radius 3 is 2.64 bits per heavy atom. The lowest BCUT2D eigenvalue weighted by Gasteiger charge is -2.10. The molecule has 4 aromatic rings. The zero-order valence-corrected chi connectivity index (χ0v) is 15.4. The molecule has 0 spiro atoms. The van der Waals surface area contributed by atoms with Crippen LogP contribution in [0.3, 0.4) is 0 Å². The number of nitrogens with one attached hydrogen (secondary N) is 1. The third-order valence-corrected chi connectivity index (χ3v) is 5.63. The van der Waals surface area contributed by atoms with Crippen LogP contribution < -0.4 is 4.72 Å². The Labute approximate surface area is 159 Å². The van der Waals surface area contributed by atoms with Gasteiger partial charge in [-0.2, -0.15) is 0 Å². The Balaban J connectivity index is 1.71. The van der Waals surface area contributed by atoms with Crippen molar-refractivity contribution in [3.8, 4) is 11.3 Å². The molecule has 9 heteroatoms. The van der Waals surface area contributed by atoms with E-state index in [9.17, 15) is 17.2 Å². The number of benzene rings is 2. The fourth-order valence-corrected chi connectivity index (χ4v) is 4.02. The van der Waals surface area contributed by atoms with Gasteiger partial charge in [0.25, 0.3) is 10.0 Å². The standard InChI is InChI=1S/C19H14F2N4O2S/c1-12-18(23-19-22-8-3-9-25(12)19)13-4-2-5-15(10-13)24-28(26,27)17-7-6-14(20)11-16(17)21/h2-11,24H,1H3. The highest BCUT2D eigenvalue weighted by Crippen LogP contribution is 2.27. The highest BCUT2D eigenvalue weighted by molar-refractivity contribution is 7.92. The number of hydrogen-bond acceptors (Lipinski definition) is 4. The van der Waals surface area contributed by atoms with Gasteiger partial charge in [0.2, 0.25) is 5.78 Å². The second-order valence-corrected chi connectivity index (χ2v) is 7.75. The van der Waals surface area contributed by atoms with Gasteiger partial charge in [0, 0.05) is 35.4 Å². The molecule has 2 aromatic carbocycles. The average Bonchev–Trinajstić information content (AvgIpc) is 2.98. The number of sulfonamides is 1. The van der Waals surface area contributed by atoms with Crippen molar-refractivity contribution in [3.05, 3.63) is 78.3 Å². The molecule has 0 amide bonds. The molecule has 0 fully saturated rings. The molecule has 0 aliphatic carbocycles. The second kappa shape index (κ2) is 6.68. The van der Waals surface area contributed by atoms with Crippen LogP contribution in [0.25, 0.3) is 17.0 Å². The number of hydrogen-bond donors (Lipinski definition) is 1. The van der Waals surface area contributed by atoms with Crippen LogP contribution in [0.4, 0.5) is 14.5 Å². The molecule has 0 saturated heterocycles. The molecule has 1 N–H and O–H groups in total. The Bertz CT molecular complexity index is 1300. The molecule has 2 heterocycles. The van der Waals surface area contributed by atoms with Crippen LogP contribution in [-0.4, -0.2) is 22.8 Å². The summed E-state index contributed by atoms with van der Waals surface area (Å²) < 4.78 is 56.1. The third-order valence-electron chi connectivity index (χ3n) is 4.21. The minimum Gasteiger partial charge on any atom is -0.288 e. The van der Waals surface area contributed by atoms with Crippen LogP contribution in [-0.2, 0) is 10.0 Å². The maximum absolute atomic E-state index is 13.9. The molecular weight excluding hydrogens is 386 g/mol. The molecule has 142 valence electrons. The van der Waals surface area contributed by atoms with Crippen molar-refractivity contribution >= 4 is 21.5 Å². The smallest absolute Gasteiger partial charge is 0.264 e. The van der Waals surface area contributed by atoms with E-state index in [4.69, 9.17) is 0 Å². The minimum atomic E-state index is -4.22. The first-order valence-corrected chi connectivity index (χ1v) is 9.71. The Morgan fingerprint density at radius 2 is 1.89 bits per heavy atom. The molecule has 0 atom stereocenters. The summed E-state index contributed by atoms with van der Waals surface area (Å²) in [4.78, 5) is 8.04. The van der Waals surface area contributed by atoms with E-state index in [-0.39, 0.29) is 5.69 Å². The van der Waals surface area contributed by atoms with Crippen LogP contribution in [0.2, 0.25) is 0 Å². The zero-order valence-electron chi connectivity index (χ0n) is 14.6. The fraction of sp³-hybridized carbons (Fsp3) is 0.0526. The van der Waals surface area contributed by atoms with Crippen molar-refractivity contribution in [2.45, 2.75) is 11.8 Å². The average molecular weight is 400 g/mol. The summed E-state index contributed by atoms with van der Waals surface area (Å²) in [7, 11) is -4.22. The first-order chi connectivity index (χ1) is 13.3. The molecule has 2 aromatic heterocycles. The third kappa shape index (κ3) is 3.20. The van der Waals surface area contributed by atoms with Crippen LogP contribution in [0.5, 0.6) is 0 Å². The number of imidazole rings is 1. The number of anilines is 1. The summed E-state index contributed by atoms with van der Waals surface area (Å²) in [5, 5.41) is 0. The highest BCUT2D eigenvalue weighted by atomic mass is 32.2. The predicted octanol–water partition coefficient (Wildman–Crippen LogP) is 3.78. The molecule has 4 rings (SSSR count). The largest absolute Gasteiger partial charge is 0.288 e. The topological polar surface area (TPSA) is 76.4 Å². The van der Waals surface area contributed by atoms with Crippen molar-refractivity contribution in [3.63, 3.8) is 0 Å². The summed E-state index contributed by atoms with van der Waals surface area (Å²) in [5.74, 6) is -1.49. The quantitative estimate of drug-likeness (QED) is 0.566. The van der Waals surface area contributed by atoms with Gasteiger partial charge in [-0.05, 0) is 37.3 Å². The van der Waals surface area contributed by atoms with Gasteiger partial charge in [0.05, 0.1) is 5.69 Å². The zero-order chi connectivity index (χ0) is 19.9. The van der Waals surface area contributed by atoms with Crippen LogP contribution in [0.15, 0.2) is 65.8 Å². The molecule has 6 nitrogen and oxygen atoms in total. The monoisotopic (exact) mass is 400 g/mol. The number of fused-ring (bicyclic) bond motifs is 1. The van der Waals surface area contributed by atoms with Gasteiger partial charge in [0.15, 0.2) is 0 Å². The number of nitrogens with zero attached hydrogens (tertiary/aromatic N) is 3. The van der Waals surface area contributed by atoms with Crippen molar-refractivity contribution in [2.24, 2.45) is 0 Å². The van der Waals surface area contributed by atoms with E-state index in [0.29, 0.717) is 23.1 Å². The molecule has 0 aliphatic heterocycles. The van der Waals surface area contributed by atoms with Crippen molar-refractivity contribution in [2.75, 3.05) is 4.72 Å². The van der Waals surface area contributed by atoms with Crippen molar-refractivity contribution < 1.29 is 17.2 Å². The first kappa shape index (κ1) is 18.1. The van der Waals surface area contributed by atoms with E-state index in [1.54, 1.807) is 30.5 Å². The summed E-state index contributed by atoms with van der Waals surface area (Å²) in [6.07, 6.45) is 3.46. The van der Waals surface area contributed by atoms with Crippen molar-refractivity contribution in [1.29, 1.82) is 0 Å². The number of aryl methyl sites for hydroxylation is 1. The lowest BCUT2D eigenvalue weighted by Crippen LogP contribution is -2.14. The van der Waals surface area contributed by atoms with Gasteiger partial charge in [-0.3, -0.25) is 9.12 Å². The van der Waals surface area contributed by atoms with Gasteiger partial charge in [-0.15, -0.1) is 0 Å². The summed E-state index contributed by atoms with van der Waals surface area (Å²) >= 11 is 0. The van der Waals surface area contributed by atoms with Crippen LogP contribution in [0.1, 0.15) is 5.69 Å². The molecule has 0 aliphatic rings. The lowest BCUT2D eigenvalue weighted by molar-refractivity contribution is 0.551. The van der Waals surface area contributed by atoms with E-state index in [0.717, 1.165) is 17.8 Å². The van der Waals surface area contributed by atoms with Gasteiger partial charge in [-0.1, -0.05) is 12.1 Å². The fourth-order valence-electron chi connectivity index (χ4n) is 2.91. The number of aromatic nitrogens is 3. The van der Waals surface area contributed by atoms with E-state index < -0.39 is 26.6 Å². The summed E-state index contributed by atoms with van der Waals surface area (Å²) in [5.41, 5.74) is 2.38. The van der Waals surface area contributed by atoms with Crippen LogP contribution >= 0.6 is 0 Å². The predicted molar refractivity (Wildman–Crippen MR) is 100 cm³/mol. The second-order valence-electron chi connectivity index (χ2n) is 6.10. The Hall–Kier alpha value is -3.33. The molecule has 0 bridgehead atoms. The normalized spacial score (nSPS) is 11.7. The first-order valence-electron chi connectivity index (χ1n) is 8.23. The maximum Gasteiger partial charge on any atom is 0.264 e. The van der Waals surface area contributed by atoms with Crippen LogP contribution in [0, 0.1) is 18.6 Å². The molecule has 0 unspecified atom stereocenters. The van der Waals surface area contributed by atoms with Gasteiger partial charge in [0.1, 0.15) is 16.5 Å². The Kier molecular flexibility index (Phi) is 4.31. The number of rotatable bonds is 4. The number of halogens is 2. The van der Waals surface area contributed by atoms with E-state index in [1.807, 2.05) is 17.5 Å². The van der Waals surface area contributed by atoms with Gasteiger partial charge < -0.3 is 0 Å².